The minimum atomic E-state index is -4.50. The molecule has 100 valence electrons. The summed E-state index contributed by atoms with van der Waals surface area (Å²) in [7, 11) is 0. The molecule has 0 saturated carbocycles. The van der Waals surface area contributed by atoms with Gasteiger partial charge >= 0.3 is 6.18 Å². The lowest BCUT2D eigenvalue weighted by molar-refractivity contribution is -0.141. The van der Waals surface area contributed by atoms with Gasteiger partial charge in [0.25, 0.3) is 0 Å². The van der Waals surface area contributed by atoms with E-state index in [1.165, 1.54) is 4.90 Å². The predicted octanol–water partition coefficient (Wildman–Crippen LogP) is 0.693. The fourth-order valence-corrected chi connectivity index (χ4v) is 1.71. The monoisotopic (exact) mass is 263 g/mol. The molecule has 18 heavy (non-hydrogen) atoms. The summed E-state index contributed by atoms with van der Waals surface area (Å²) in [4.78, 5) is 8.84. The van der Waals surface area contributed by atoms with E-state index in [0.717, 1.165) is 12.3 Å². The van der Waals surface area contributed by atoms with Gasteiger partial charge in [-0.1, -0.05) is 0 Å². The molecule has 1 saturated heterocycles. The molecule has 0 aromatic carbocycles. The number of aliphatic hydroxyl groups is 1. The van der Waals surface area contributed by atoms with Crippen molar-refractivity contribution in [1.82, 2.24) is 9.97 Å². The van der Waals surface area contributed by atoms with E-state index in [1.54, 1.807) is 0 Å². The predicted molar refractivity (Wildman–Crippen MR) is 56.1 cm³/mol. The highest BCUT2D eigenvalue weighted by Gasteiger charge is 2.34. The van der Waals surface area contributed by atoms with Gasteiger partial charge in [-0.25, -0.2) is 9.97 Å². The zero-order valence-electron chi connectivity index (χ0n) is 9.39. The second-order valence-electron chi connectivity index (χ2n) is 3.84. The van der Waals surface area contributed by atoms with Gasteiger partial charge < -0.3 is 14.7 Å². The van der Waals surface area contributed by atoms with Crippen LogP contribution in [0.5, 0.6) is 0 Å². The molecule has 1 aromatic rings. The molecule has 0 amide bonds. The fraction of sp³-hybridized carbons (Fsp3) is 0.600. The first kappa shape index (κ1) is 13.0. The molecule has 5 nitrogen and oxygen atoms in total. The average molecular weight is 263 g/mol. The number of aliphatic hydroxyl groups excluding tert-OH is 1. The summed E-state index contributed by atoms with van der Waals surface area (Å²) in [6.07, 6.45) is -3.44. The number of aromatic nitrogens is 2. The summed E-state index contributed by atoms with van der Waals surface area (Å²) in [5.74, 6) is -0.0350. The molecular weight excluding hydrogens is 251 g/mol. The van der Waals surface area contributed by atoms with Crippen LogP contribution in [-0.4, -0.2) is 47.5 Å². The third kappa shape index (κ3) is 2.70. The molecule has 1 N–H and O–H groups in total. The number of morpholine rings is 1. The number of rotatable bonds is 2. The number of nitrogens with zero attached hydrogens (tertiary/aromatic N) is 3. The normalized spacial score (nSPS) is 21.1. The second-order valence-corrected chi connectivity index (χ2v) is 3.84. The molecule has 0 aliphatic carbocycles. The number of halogens is 3. The largest absolute Gasteiger partial charge is 0.433 e. The van der Waals surface area contributed by atoms with Crippen LogP contribution in [0.1, 0.15) is 5.69 Å². The first-order valence-corrected chi connectivity index (χ1v) is 5.38. The maximum Gasteiger partial charge on any atom is 0.433 e. The Bertz CT molecular complexity index is 414. The Morgan fingerprint density at radius 3 is 2.94 bits per heavy atom. The number of ether oxygens (including phenoxy) is 1. The molecule has 0 radical (unpaired) electrons. The van der Waals surface area contributed by atoms with Gasteiger partial charge in [-0.15, -0.1) is 0 Å². The Morgan fingerprint density at radius 1 is 1.50 bits per heavy atom. The topological polar surface area (TPSA) is 58.5 Å². The van der Waals surface area contributed by atoms with Gasteiger partial charge in [-0.3, -0.25) is 0 Å². The highest BCUT2D eigenvalue weighted by Crippen LogP contribution is 2.28. The molecule has 1 aromatic heterocycles. The van der Waals surface area contributed by atoms with Gasteiger partial charge in [0.05, 0.1) is 25.9 Å². The maximum absolute atomic E-state index is 12.5. The molecule has 0 spiro atoms. The summed E-state index contributed by atoms with van der Waals surface area (Å²) in [5, 5.41) is 9.15. The van der Waals surface area contributed by atoms with E-state index in [2.05, 4.69) is 9.97 Å². The summed E-state index contributed by atoms with van der Waals surface area (Å²) < 4.78 is 42.7. The summed E-state index contributed by atoms with van der Waals surface area (Å²) in [6.45, 7) is 0.748. The first-order chi connectivity index (χ1) is 8.52. The standard InChI is InChI=1S/C10H12F3N3O2/c11-10(12,13)8-1-2-14-9(15-8)16-3-4-18-6-7(16)5-17/h1-2,7,17H,3-6H2. The van der Waals surface area contributed by atoms with Crippen LogP contribution in [0.4, 0.5) is 19.1 Å². The van der Waals surface area contributed by atoms with Crippen molar-refractivity contribution in [3.8, 4) is 0 Å². The van der Waals surface area contributed by atoms with Crippen molar-refractivity contribution in [2.24, 2.45) is 0 Å². The molecule has 1 atom stereocenters. The van der Waals surface area contributed by atoms with Gasteiger partial charge in [-0.2, -0.15) is 13.2 Å². The molecule has 1 unspecified atom stereocenters. The third-order valence-electron chi connectivity index (χ3n) is 2.63. The molecule has 1 fully saturated rings. The zero-order chi connectivity index (χ0) is 13.2. The average Bonchev–Trinajstić information content (AvgIpc) is 2.38. The lowest BCUT2D eigenvalue weighted by atomic mass is 10.2. The quantitative estimate of drug-likeness (QED) is 0.851. The van der Waals surface area contributed by atoms with E-state index in [1.807, 2.05) is 0 Å². The van der Waals surface area contributed by atoms with Crippen molar-refractivity contribution in [2.45, 2.75) is 12.2 Å². The van der Waals surface area contributed by atoms with Crippen LogP contribution >= 0.6 is 0 Å². The third-order valence-corrected chi connectivity index (χ3v) is 2.63. The van der Waals surface area contributed by atoms with E-state index in [4.69, 9.17) is 9.84 Å². The molecular formula is C10H12F3N3O2. The van der Waals surface area contributed by atoms with Gasteiger partial charge in [0, 0.05) is 12.7 Å². The Balaban J connectivity index is 2.27. The van der Waals surface area contributed by atoms with Crippen molar-refractivity contribution >= 4 is 5.95 Å². The van der Waals surface area contributed by atoms with Gasteiger partial charge in [0.15, 0.2) is 0 Å². The van der Waals surface area contributed by atoms with Crippen molar-refractivity contribution in [2.75, 3.05) is 31.3 Å². The Kier molecular flexibility index (Phi) is 3.67. The number of anilines is 1. The van der Waals surface area contributed by atoms with E-state index >= 15 is 0 Å². The van der Waals surface area contributed by atoms with Gasteiger partial charge in [-0.05, 0) is 6.07 Å². The molecule has 2 heterocycles. The Labute approximate surface area is 101 Å². The molecule has 1 aliphatic rings. The minimum Gasteiger partial charge on any atom is -0.394 e. The summed E-state index contributed by atoms with van der Waals surface area (Å²) >= 11 is 0. The lowest BCUT2D eigenvalue weighted by Gasteiger charge is -2.34. The first-order valence-electron chi connectivity index (χ1n) is 5.38. The van der Waals surface area contributed by atoms with Crippen LogP contribution in [0.3, 0.4) is 0 Å². The Morgan fingerprint density at radius 2 is 2.28 bits per heavy atom. The van der Waals surface area contributed by atoms with Crippen LogP contribution in [0.15, 0.2) is 12.3 Å². The summed E-state index contributed by atoms with van der Waals surface area (Å²) in [6, 6.07) is 0.403. The van der Waals surface area contributed by atoms with Crippen molar-refractivity contribution < 1.29 is 23.0 Å². The van der Waals surface area contributed by atoms with E-state index < -0.39 is 17.9 Å². The van der Waals surface area contributed by atoms with Crippen LogP contribution in [0.25, 0.3) is 0 Å². The van der Waals surface area contributed by atoms with E-state index in [9.17, 15) is 13.2 Å². The number of alkyl halides is 3. The van der Waals surface area contributed by atoms with E-state index in [0.29, 0.717) is 13.2 Å². The van der Waals surface area contributed by atoms with Crippen LogP contribution in [-0.2, 0) is 10.9 Å². The summed E-state index contributed by atoms with van der Waals surface area (Å²) in [5.41, 5.74) is -0.990. The second kappa shape index (κ2) is 5.07. The van der Waals surface area contributed by atoms with Crippen LogP contribution in [0.2, 0.25) is 0 Å². The SMILES string of the molecule is OCC1COCCN1c1nccc(C(F)(F)F)n1. The number of hydrogen-bond acceptors (Lipinski definition) is 5. The highest BCUT2D eigenvalue weighted by molar-refractivity contribution is 5.33. The van der Waals surface area contributed by atoms with Crippen molar-refractivity contribution in [1.29, 1.82) is 0 Å². The van der Waals surface area contributed by atoms with Crippen LogP contribution in [0, 0.1) is 0 Å². The highest BCUT2D eigenvalue weighted by atomic mass is 19.4. The zero-order valence-corrected chi connectivity index (χ0v) is 9.39. The van der Waals surface area contributed by atoms with E-state index in [-0.39, 0.29) is 19.2 Å². The van der Waals surface area contributed by atoms with Crippen LogP contribution < -0.4 is 4.90 Å². The maximum atomic E-state index is 12.5. The molecule has 1 aliphatic heterocycles. The lowest BCUT2D eigenvalue weighted by Crippen LogP contribution is -2.48. The fourth-order valence-electron chi connectivity index (χ4n) is 1.71. The molecule has 2 rings (SSSR count). The van der Waals surface area contributed by atoms with Crippen molar-refractivity contribution in [3.05, 3.63) is 18.0 Å². The smallest absolute Gasteiger partial charge is 0.394 e. The van der Waals surface area contributed by atoms with Crippen molar-refractivity contribution in [3.63, 3.8) is 0 Å². The van der Waals surface area contributed by atoms with Gasteiger partial charge in [0.1, 0.15) is 5.69 Å². The molecule has 0 bridgehead atoms. The minimum absolute atomic E-state index is 0.0350. The van der Waals surface area contributed by atoms with Gasteiger partial charge in [0.2, 0.25) is 5.95 Å². The number of hydrogen-bond donors (Lipinski definition) is 1. The molecule has 8 heteroatoms. The Hall–Kier alpha value is -1.41.